The number of carbonyl (C=O) groups is 1. The van der Waals surface area contributed by atoms with Crippen molar-refractivity contribution in [2.24, 2.45) is 0 Å². The number of benzene rings is 1. The van der Waals surface area contributed by atoms with E-state index in [1.165, 1.54) is 19.3 Å². The van der Waals surface area contributed by atoms with Gasteiger partial charge >= 0.3 is 5.97 Å². The van der Waals surface area contributed by atoms with Crippen LogP contribution in [0, 0.1) is 0 Å². The lowest BCUT2D eigenvalue weighted by Gasteiger charge is -2.04. The summed E-state index contributed by atoms with van der Waals surface area (Å²) in [6.07, 6.45) is 2.90. The summed E-state index contributed by atoms with van der Waals surface area (Å²) >= 11 is 0. The van der Waals surface area contributed by atoms with Crippen LogP contribution < -0.4 is 4.74 Å². The maximum atomic E-state index is 10.9. The van der Waals surface area contributed by atoms with Crippen LogP contribution in [0.25, 0.3) is 5.57 Å². The molecule has 1 aromatic rings. The molecule has 15 heavy (non-hydrogen) atoms. The van der Waals surface area contributed by atoms with Crippen molar-refractivity contribution in [1.82, 2.24) is 0 Å². The van der Waals surface area contributed by atoms with Gasteiger partial charge in [-0.15, -0.1) is 0 Å². The molecular weight excluding hydrogens is 192 g/mol. The fraction of sp³-hybridized carbons (Fsp3) is 0.0833. The van der Waals surface area contributed by atoms with E-state index in [0.717, 1.165) is 0 Å². The van der Waals surface area contributed by atoms with Gasteiger partial charge in [-0.1, -0.05) is 24.8 Å². The average molecular weight is 204 g/mol. The second-order valence-corrected chi connectivity index (χ2v) is 2.85. The van der Waals surface area contributed by atoms with Crippen LogP contribution in [0.2, 0.25) is 0 Å². The number of allylic oxidation sites excluding steroid dienone is 2. The molecule has 0 radical (unpaired) electrons. The Kier molecular flexibility index (Phi) is 3.68. The zero-order valence-corrected chi connectivity index (χ0v) is 8.43. The summed E-state index contributed by atoms with van der Waals surface area (Å²) < 4.78 is 5.02. The van der Waals surface area contributed by atoms with Crippen molar-refractivity contribution < 1.29 is 14.6 Å². The van der Waals surface area contributed by atoms with Gasteiger partial charge in [0, 0.05) is 0 Å². The fourth-order valence-electron chi connectivity index (χ4n) is 1.20. The van der Waals surface area contributed by atoms with E-state index in [0.29, 0.717) is 11.3 Å². The van der Waals surface area contributed by atoms with Crippen LogP contribution in [0.3, 0.4) is 0 Å². The van der Waals surface area contributed by atoms with Crippen molar-refractivity contribution >= 4 is 11.5 Å². The molecule has 1 rings (SSSR count). The number of carboxylic acids is 1. The number of hydrogen-bond donors (Lipinski definition) is 1. The van der Waals surface area contributed by atoms with Gasteiger partial charge in [0.25, 0.3) is 0 Å². The monoisotopic (exact) mass is 204 g/mol. The third-order valence-corrected chi connectivity index (χ3v) is 1.90. The van der Waals surface area contributed by atoms with Crippen LogP contribution in [-0.2, 0) is 4.79 Å². The van der Waals surface area contributed by atoms with Crippen LogP contribution in [-0.4, -0.2) is 18.2 Å². The van der Waals surface area contributed by atoms with Crippen molar-refractivity contribution in [2.45, 2.75) is 0 Å². The maximum absolute atomic E-state index is 10.9. The summed E-state index contributed by atoms with van der Waals surface area (Å²) in [6, 6.07) is 6.89. The largest absolute Gasteiger partial charge is 0.497 e. The molecule has 1 N–H and O–H groups in total. The summed E-state index contributed by atoms with van der Waals surface area (Å²) in [6.45, 7) is 3.48. The number of methoxy groups -OCH3 is 1. The first-order valence-electron chi connectivity index (χ1n) is 4.39. The molecule has 1 aromatic carbocycles. The van der Waals surface area contributed by atoms with Crippen molar-refractivity contribution in [1.29, 1.82) is 0 Å². The molecule has 3 heteroatoms. The fourth-order valence-corrected chi connectivity index (χ4v) is 1.20. The Hall–Kier alpha value is -2.03. The highest BCUT2D eigenvalue weighted by Crippen LogP contribution is 2.20. The van der Waals surface area contributed by atoms with Crippen LogP contribution in [0.4, 0.5) is 0 Å². The molecule has 0 saturated heterocycles. The third-order valence-electron chi connectivity index (χ3n) is 1.90. The first-order chi connectivity index (χ1) is 7.19. The van der Waals surface area contributed by atoms with E-state index in [-0.39, 0.29) is 5.57 Å². The Bertz CT molecular complexity index is 405. The third kappa shape index (κ3) is 2.71. The van der Waals surface area contributed by atoms with Gasteiger partial charge in [-0.2, -0.15) is 0 Å². The molecule has 0 aliphatic rings. The van der Waals surface area contributed by atoms with E-state index < -0.39 is 5.97 Å². The first-order valence-corrected chi connectivity index (χ1v) is 4.39. The highest BCUT2D eigenvalue weighted by molar-refractivity contribution is 6.15. The Balaban J connectivity index is 3.17. The van der Waals surface area contributed by atoms with Gasteiger partial charge in [0.15, 0.2) is 0 Å². The van der Waals surface area contributed by atoms with E-state index in [1.807, 2.05) is 0 Å². The molecule has 0 aliphatic carbocycles. The van der Waals surface area contributed by atoms with E-state index in [9.17, 15) is 4.79 Å². The SMILES string of the molecule is C=C/C=C(/C(=O)O)c1cccc(OC)c1. The Morgan fingerprint density at radius 3 is 2.80 bits per heavy atom. The molecule has 0 saturated carbocycles. The zero-order valence-electron chi connectivity index (χ0n) is 8.43. The minimum atomic E-state index is -0.983. The van der Waals surface area contributed by atoms with E-state index in [2.05, 4.69) is 6.58 Å². The Labute approximate surface area is 88.3 Å². The second kappa shape index (κ2) is 5.00. The van der Waals surface area contributed by atoms with Gasteiger partial charge in [0.2, 0.25) is 0 Å². The van der Waals surface area contributed by atoms with Crippen LogP contribution >= 0.6 is 0 Å². The maximum Gasteiger partial charge on any atom is 0.336 e. The van der Waals surface area contributed by atoms with Crippen molar-refractivity contribution in [3.05, 3.63) is 48.6 Å². The van der Waals surface area contributed by atoms with Gasteiger partial charge in [-0.05, 0) is 23.8 Å². The summed E-state index contributed by atoms with van der Waals surface area (Å²) in [5.74, 6) is -0.355. The van der Waals surface area contributed by atoms with Gasteiger partial charge in [-0.3, -0.25) is 0 Å². The van der Waals surface area contributed by atoms with E-state index in [1.54, 1.807) is 24.3 Å². The number of aliphatic carboxylic acids is 1. The van der Waals surface area contributed by atoms with E-state index >= 15 is 0 Å². The lowest BCUT2D eigenvalue weighted by Crippen LogP contribution is -1.99. The van der Waals surface area contributed by atoms with Gasteiger partial charge in [-0.25, -0.2) is 4.79 Å². The summed E-state index contributed by atoms with van der Waals surface area (Å²) in [7, 11) is 1.54. The molecule has 0 heterocycles. The average Bonchev–Trinajstić information content (AvgIpc) is 2.25. The zero-order chi connectivity index (χ0) is 11.3. The van der Waals surface area contributed by atoms with Crippen molar-refractivity contribution in [3.63, 3.8) is 0 Å². The molecule has 0 spiro atoms. The highest BCUT2D eigenvalue weighted by Gasteiger charge is 2.09. The lowest BCUT2D eigenvalue weighted by molar-refractivity contribution is -0.130. The molecule has 0 fully saturated rings. The smallest absolute Gasteiger partial charge is 0.336 e. The molecule has 0 amide bonds. The minimum Gasteiger partial charge on any atom is -0.497 e. The predicted octanol–water partition coefficient (Wildman–Crippen LogP) is 2.35. The standard InChI is InChI=1S/C12H12O3/c1-3-5-11(12(13)14)9-6-4-7-10(8-9)15-2/h3-8H,1H2,2H3,(H,13,14)/b11-5+. The van der Waals surface area contributed by atoms with Crippen molar-refractivity contribution in [3.8, 4) is 5.75 Å². The number of rotatable bonds is 4. The summed E-state index contributed by atoms with van der Waals surface area (Å²) in [5.41, 5.74) is 0.797. The number of carboxylic acid groups (broad SMARTS) is 1. The van der Waals surface area contributed by atoms with Gasteiger partial charge < -0.3 is 9.84 Å². The molecule has 0 aromatic heterocycles. The quantitative estimate of drug-likeness (QED) is 0.605. The lowest BCUT2D eigenvalue weighted by atomic mass is 10.1. The predicted molar refractivity (Wildman–Crippen MR) is 58.8 cm³/mol. The van der Waals surface area contributed by atoms with Crippen LogP contribution in [0.5, 0.6) is 5.75 Å². The number of ether oxygens (including phenoxy) is 1. The van der Waals surface area contributed by atoms with Crippen molar-refractivity contribution in [2.75, 3.05) is 7.11 Å². The Morgan fingerprint density at radius 2 is 2.27 bits per heavy atom. The van der Waals surface area contributed by atoms with E-state index in [4.69, 9.17) is 9.84 Å². The van der Waals surface area contributed by atoms with Gasteiger partial charge in [0.1, 0.15) is 5.75 Å². The molecule has 78 valence electrons. The molecule has 0 bridgehead atoms. The topological polar surface area (TPSA) is 46.5 Å². The summed E-state index contributed by atoms with van der Waals surface area (Å²) in [4.78, 5) is 10.9. The Morgan fingerprint density at radius 1 is 1.53 bits per heavy atom. The normalized spacial score (nSPS) is 10.9. The molecule has 3 nitrogen and oxygen atoms in total. The number of hydrogen-bond acceptors (Lipinski definition) is 2. The van der Waals surface area contributed by atoms with Gasteiger partial charge in [0.05, 0.1) is 12.7 Å². The highest BCUT2D eigenvalue weighted by atomic mass is 16.5. The second-order valence-electron chi connectivity index (χ2n) is 2.85. The minimum absolute atomic E-state index is 0.198. The molecule has 0 aliphatic heterocycles. The first kappa shape index (κ1) is 11.0. The molecule has 0 unspecified atom stereocenters. The molecule has 0 atom stereocenters. The molecular formula is C12H12O3. The summed E-state index contributed by atoms with van der Waals surface area (Å²) in [5, 5.41) is 8.96. The van der Waals surface area contributed by atoms with Crippen LogP contribution in [0.15, 0.2) is 43.0 Å². The van der Waals surface area contributed by atoms with Crippen LogP contribution in [0.1, 0.15) is 5.56 Å².